The Hall–Kier alpha value is -4.89. The van der Waals surface area contributed by atoms with E-state index in [1.807, 2.05) is 75.4 Å². The fraction of sp³-hybridized carbons (Fsp3) is 0.333. The second-order valence-electron chi connectivity index (χ2n) is 13.2. The fourth-order valence-corrected chi connectivity index (χ4v) is 5.85. The van der Waals surface area contributed by atoms with Crippen LogP contribution in [0.5, 0.6) is 0 Å². The molecule has 1 aromatic heterocycles. The van der Waals surface area contributed by atoms with Crippen LogP contribution < -0.4 is 11.1 Å². The van der Waals surface area contributed by atoms with Crippen molar-refractivity contribution in [3.05, 3.63) is 125 Å². The van der Waals surface area contributed by atoms with Crippen molar-refractivity contribution in [1.29, 1.82) is 0 Å². The molecule has 252 valence electrons. The first-order valence-corrected chi connectivity index (χ1v) is 16.2. The number of hydrogen-bond donors (Lipinski definition) is 2. The molecule has 0 radical (unpaired) electrons. The summed E-state index contributed by atoms with van der Waals surface area (Å²) in [5, 5.41) is 5.06. The topological polar surface area (TPSA) is 109 Å². The number of carbonyl (C=O) groups is 3. The van der Waals surface area contributed by atoms with Gasteiger partial charge in [-0.05, 0) is 85.3 Å². The number of nitrogens with two attached hydrogens (primary N) is 1. The summed E-state index contributed by atoms with van der Waals surface area (Å²) in [7, 11) is 3.20. The zero-order chi connectivity index (χ0) is 34.8. The van der Waals surface area contributed by atoms with Crippen LogP contribution in [0.15, 0.2) is 103 Å². The van der Waals surface area contributed by atoms with Crippen molar-refractivity contribution in [2.45, 2.75) is 64.1 Å². The van der Waals surface area contributed by atoms with Gasteiger partial charge in [-0.25, -0.2) is 4.39 Å². The van der Waals surface area contributed by atoms with Crippen molar-refractivity contribution < 1.29 is 18.8 Å². The smallest absolute Gasteiger partial charge is 0.246 e. The van der Waals surface area contributed by atoms with Crippen molar-refractivity contribution in [3.63, 3.8) is 0 Å². The molecule has 0 spiro atoms. The molecule has 0 saturated carbocycles. The van der Waals surface area contributed by atoms with E-state index in [0.29, 0.717) is 24.9 Å². The maximum Gasteiger partial charge on any atom is 0.246 e. The second kappa shape index (κ2) is 16.3. The molecule has 3 N–H and O–H groups in total. The molecule has 9 heteroatoms. The monoisotopic (exact) mass is 651 g/mol. The third kappa shape index (κ3) is 10.3. The standard InChI is InChI=1S/C39H46FN5O3/c1-27(26-39(2,3)41)22-36(46)44(4)35(25-30-10-13-31-8-6-7-9-32(31)23-30)38(48)45(5)34(24-29-11-14-33(40)15-12-29)37(47)43-21-18-28-16-19-42-20-17-28/h6-17,19-20,22-23,34-35H,18,21,24-26,41H2,1-5H3,(H,43,47)/b27-22+/t34-,35-/m1/s1. The minimum atomic E-state index is -0.918. The van der Waals surface area contributed by atoms with Crippen molar-refractivity contribution in [2.75, 3.05) is 20.6 Å². The van der Waals surface area contributed by atoms with Gasteiger partial charge in [0.2, 0.25) is 17.7 Å². The van der Waals surface area contributed by atoms with E-state index in [1.54, 1.807) is 38.6 Å². The molecule has 8 nitrogen and oxygen atoms in total. The van der Waals surface area contributed by atoms with Gasteiger partial charge in [-0.15, -0.1) is 0 Å². The lowest BCUT2D eigenvalue weighted by atomic mass is 9.96. The molecule has 4 rings (SSSR count). The van der Waals surface area contributed by atoms with Gasteiger partial charge in [0.25, 0.3) is 0 Å². The molecular weight excluding hydrogens is 605 g/mol. The van der Waals surface area contributed by atoms with Crippen molar-refractivity contribution in [3.8, 4) is 0 Å². The molecule has 4 aromatic rings. The van der Waals surface area contributed by atoms with Crippen molar-refractivity contribution >= 4 is 28.5 Å². The Morgan fingerprint density at radius 1 is 0.854 bits per heavy atom. The highest BCUT2D eigenvalue weighted by atomic mass is 19.1. The molecule has 0 fully saturated rings. The Kier molecular flexibility index (Phi) is 12.2. The molecule has 48 heavy (non-hydrogen) atoms. The Morgan fingerprint density at radius 3 is 2.15 bits per heavy atom. The molecule has 0 aliphatic rings. The number of amides is 3. The van der Waals surface area contributed by atoms with Gasteiger partial charge in [0.15, 0.2) is 0 Å². The number of likely N-dealkylation sites (N-methyl/N-ethyl adjacent to an activating group) is 2. The second-order valence-corrected chi connectivity index (χ2v) is 13.2. The number of fused-ring (bicyclic) bond motifs is 1. The highest BCUT2D eigenvalue weighted by Crippen LogP contribution is 2.21. The third-order valence-corrected chi connectivity index (χ3v) is 8.37. The van der Waals surface area contributed by atoms with E-state index >= 15 is 0 Å². The van der Waals surface area contributed by atoms with Crippen LogP contribution in [0.2, 0.25) is 0 Å². The van der Waals surface area contributed by atoms with Gasteiger partial charge in [-0.3, -0.25) is 19.4 Å². The Balaban J connectivity index is 1.64. The molecule has 3 aromatic carbocycles. The zero-order valence-electron chi connectivity index (χ0n) is 28.4. The van der Waals surface area contributed by atoms with Crippen molar-refractivity contribution in [2.24, 2.45) is 5.73 Å². The summed E-state index contributed by atoms with van der Waals surface area (Å²) in [6.45, 7) is 5.98. The Labute approximate surface area is 282 Å². The molecule has 2 atom stereocenters. The minimum absolute atomic E-state index is 0.161. The lowest BCUT2D eigenvalue weighted by Gasteiger charge is -2.34. The molecule has 0 bridgehead atoms. The van der Waals surface area contributed by atoms with Gasteiger partial charge in [-0.1, -0.05) is 60.2 Å². The molecule has 0 aliphatic heterocycles. The van der Waals surface area contributed by atoms with Gasteiger partial charge < -0.3 is 20.9 Å². The van der Waals surface area contributed by atoms with Crippen LogP contribution in [0, 0.1) is 5.82 Å². The van der Waals surface area contributed by atoms with E-state index in [2.05, 4.69) is 10.3 Å². The van der Waals surface area contributed by atoms with E-state index < -0.39 is 23.4 Å². The summed E-state index contributed by atoms with van der Waals surface area (Å²) in [6.07, 6.45) is 6.41. The van der Waals surface area contributed by atoms with E-state index in [-0.39, 0.29) is 30.6 Å². The summed E-state index contributed by atoms with van der Waals surface area (Å²) in [5.41, 5.74) is 9.08. The quantitative estimate of drug-likeness (QED) is 0.181. The van der Waals surface area contributed by atoms with E-state index in [4.69, 9.17) is 5.73 Å². The number of benzene rings is 3. The van der Waals surface area contributed by atoms with Gasteiger partial charge in [0, 0.05) is 57.5 Å². The predicted octanol–water partition coefficient (Wildman–Crippen LogP) is 5.25. The average molecular weight is 652 g/mol. The SMILES string of the molecule is C/C(=C\C(=O)N(C)[C@H](Cc1ccc2ccccc2c1)C(=O)N(C)[C@H](Cc1ccc(F)cc1)C(=O)NCCc1ccncc1)CC(C)(C)N. The lowest BCUT2D eigenvalue weighted by Crippen LogP contribution is -2.56. The van der Waals surface area contributed by atoms with E-state index in [0.717, 1.165) is 27.5 Å². The minimum Gasteiger partial charge on any atom is -0.354 e. The first-order chi connectivity index (χ1) is 22.8. The first-order valence-electron chi connectivity index (χ1n) is 16.2. The van der Waals surface area contributed by atoms with Crippen LogP contribution in [-0.2, 0) is 33.6 Å². The zero-order valence-corrected chi connectivity index (χ0v) is 28.4. The van der Waals surface area contributed by atoms with E-state index in [9.17, 15) is 18.8 Å². The largest absolute Gasteiger partial charge is 0.354 e. The van der Waals surface area contributed by atoms with Crippen LogP contribution in [0.4, 0.5) is 4.39 Å². The van der Waals surface area contributed by atoms with Crippen LogP contribution >= 0.6 is 0 Å². The summed E-state index contributed by atoms with van der Waals surface area (Å²) < 4.78 is 13.8. The number of pyridine rings is 1. The summed E-state index contributed by atoms with van der Waals surface area (Å²) in [5.74, 6) is -1.45. The highest BCUT2D eigenvalue weighted by Gasteiger charge is 2.35. The first kappa shape index (κ1) is 36.0. The number of nitrogens with zero attached hydrogens (tertiary/aromatic N) is 3. The van der Waals surface area contributed by atoms with Gasteiger partial charge in [0.1, 0.15) is 17.9 Å². The van der Waals surface area contributed by atoms with Gasteiger partial charge in [-0.2, -0.15) is 0 Å². The predicted molar refractivity (Wildman–Crippen MR) is 188 cm³/mol. The maximum absolute atomic E-state index is 14.5. The molecule has 0 aliphatic carbocycles. The number of halogens is 1. The summed E-state index contributed by atoms with van der Waals surface area (Å²) >= 11 is 0. The van der Waals surface area contributed by atoms with Crippen LogP contribution in [0.1, 0.15) is 43.9 Å². The normalized spacial score (nSPS) is 13.1. The van der Waals surface area contributed by atoms with Crippen LogP contribution in [-0.4, -0.2) is 70.8 Å². The summed E-state index contributed by atoms with van der Waals surface area (Å²) in [6, 6.07) is 21.7. The fourth-order valence-electron chi connectivity index (χ4n) is 5.85. The number of rotatable bonds is 14. The molecular formula is C39H46FN5O3. The molecule has 1 heterocycles. The molecule has 0 saturated heterocycles. The molecule has 0 unspecified atom stereocenters. The van der Waals surface area contributed by atoms with E-state index in [1.165, 1.54) is 28.0 Å². The van der Waals surface area contributed by atoms with Crippen LogP contribution in [0.3, 0.4) is 0 Å². The lowest BCUT2D eigenvalue weighted by molar-refractivity contribution is -0.146. The third-order valence-electron chi connectivity index (χ3n) is 8.37. The number of nitrogens with one attached hydrogen (secondary N) is 1. The number of hydrogen-bond acceptors (Lipinski definition) is 5. The number of aromatic nitrogens is 1. The number of carbonyl (C=O) groups excluding carboxylic acids is 3. The van der Waals surface area contributed by atoms with Crippen LogP contribution in [0.25, 0.3) is 10.8 Å². The molecule has 3 amide bonds. The summed E-state index contributed by atoms with van der Waals surface area (Å²) in [4.78, 5) is 48.8. The Bertz CT molecular complexity index is 1730. The van der Waals surface area contributed by atoms with Gasteiger partial charge in [0.05, 0.1) is 0 Å². The maximum atomic E-state index is 14.5. The van der Waals surface area contributed by atoms with Crippen molar-refractivity contribution in [1.82, 2.24) is 20.1 Å². The average Bonchev–Trinajstić information content (AvgIpc) is 3.05. The Morgan fingerprint density at radius 2 is 1.48 bits per heavy atom. The van der Waals surface area contributed by atoms with Gasteiger partial charge >= 0.3 is 0 Å². The highest BCUT2D eigenvalue weighted by molar-refractivity contribution is 5.95.